The number of Topliss-reactive ketones (excluding diaryl/α,β-unsaturated/α-hetero) is 1. The molecule has 0 aliphatic heterocycles. The number of aromatic nitrogens is 1. The van der Waals surface area contributed by atoms with Crippen molar-refractivity contribution in [3.05, 3.63) is 59.7 Å². The van der Waals surface area contributed by atoms with E-state index in [0.29, 0.717) is 17.0 Å². The van der Waals surface area contributed by atoms with Crippen LogP contribution in [-0.2, 0) is 6.61 Å². The third-order valence-corrected chi connectivity index (χ3v) is 2.45. The molecule has 4 heteroatoms. The second-order valence-electron chi connectivity index (χ2n) is 3.82. The van der Waals surface area contributed by atoms with E-state index in [9.17, 15) is 9.18 Å². The highest BCUT2D eigenvalue weighted by Crippen LogP contribution is 2.13. The highest BCUT2D eigenvalue weighted by atomic mass is 19.1. The molecule has 0 N–H and O–H groups in total. The number of ketones is 1. The smallest absolute Gasteiger partial charge is 0.178 e. The first-order valence-electron chi connectivity index (χ1n) is 5.50. The van der Waals surface area contributed by atoms with Crippen molar-refractivity contribution in [3.8, 4) is 5.75 Å². The average molecular weight is 245 g/mol. The monoisotopic (exact) mass is 245 g/mol. The van der Waals surface area contributed by atoms with Crippen molar-refractivity contribution in [2.75, 3.05) is 0 Å². The molecule has 0 atom stereocenters. The van der Waals surface area contributed by atoms with Crippen LogP contribution >= 0.6 is 0 Å². The van der Waals surface area contributed by atoms with Gasteiger partial charge in [0.1, 0.15) is 23.9 Å². The van der Waals surface area contributed by atoms with Gasteiger partial charge in [-0.2, -0.15) is 0 Å². The Morgan fingerprint density at radius 2 is 2.06 bits per heavy atom. The summed E-state index contributed by atoms with van der Waals surface area (Å²) in [6.07, 6.45) is 1.46. The summed E-state index contributed by atoms with van der Waals surface area (Å²) in [4.78, 5) is 15.0. The lowest BCUT2D eigenvalue weighted by atomic mass is 10.2. The standard InChI is InChI=1S/C14H12FNO2/c1-10(17)14-7-6-12(8-16-14)18-9-11-4-2-3-5-13(11)15/h2-8H,9H2,1H3. The van der Waals surface area contributed by atoms with Crippen molar-refractivity contribution in [2.45, 2.75) is 13.5 Å². The molecule has 0 bridgehead atoms. The van der Waals surface area contributed by atoms with E-state index in [1.165, 1.54) is 19.2 Å². The van der Waals surface area contributed by atoms with Crippen LogP contribution in [0.15, 0.2) is 42.6 Å². The van der Waals surface area contributed by atoms with Crippen molar-refractivity contribution in [1.29, 1.82) is 0 Å². The van der Waals surface area contributed by atoms with Crippen LogP contribution in [-0.4, -0.2) is 10.8 Å². The van der Waals surface area contributed by atoms with Crippen LogP contribution in [0.3, 0.4) is 0 Å². The highest BCUT2D eigenvalue weighted by Gasteiger charge is 2.03. The van der Waals surface area contributed by atoms with Crippen molar-refractivity contribution in [2.24, 2.45) is 0 Å². The third kappa shape index (κ3) is 2.91. The van der Waals surface area contributed by atoms with E-state index in [1.807, 2.05) is 0 Å². The Morgan fingerprint density at radius 1 is 1.28 bits per heavy atom. The number of benzene rings is 1. The number of carbonyl (C=O) groups excluding carboxylic acids is 1. The summed E-state index contributed by atoms with van der Waals surface area (Å²) < 4.78 is 18.7. The molecule has 1 aromatic carbocycles. The lowest BCUT2D eigenvalue weighted by Crippen LogP contribution is -2.00. The molecule has 1 aromatic heterocycles. The van der Waals surface area contributed by atoms with E-state index in [1.54, 1.807) is 30.3 Å². The van der Waals surface area contributed by atoms with Gasteiger partial charge in [-0.05, 0) is 18.2 Å². The molecule has 0 aliphatic carbocycles. The van der Waals surface area contributed by atoms with Gasteiger partial charge in [-0.25, -0.2) is 9.37 Å². The van der Waals surface area contributed by atoms with E-state index >= 15 is 0 Å². The number of rotatable bonds is 4. The molecular weight excluding hydrogens is 233 g/mol. The molecule has 0 radical (unpaired) electrons. The fourth-order valence-electron chi connectivity index (χ4n) is 1.45. The fraction of sp³-hybridized carbons (Fsp3) is 0.143. The van der Waals surface area contributed by atoms with E-state index in [-0.39, 0.29) is 18.2 Å². The maximum absolute atomic E-state index is 13.3. The van der Waals surface area contributed by atoms with E-state index in [4.69, 9.17) is 4.74 Å². The number of carbonyl (C=O) groups is 1. The number of ether oxygens (including phenoxy) is 1. The molecule has 2 rings (SSSR count). The first-order valence-corrected chi connectivity index (χ1v) is 5.50. The van der Waals surface area contributed by atoms with Gasteiger partial charge in [0.25, 0.3) is 0 Å². The maximum Gasteiger partial charge on any atom is 0.178 e. The maximum atomic E-state index is 13.3. The van der Waals surface area contributed by atoms with Crippen LogP contribution < -0.4 is 4.74 Å². The first-order chi connectivity index (χ1) is 8.66. The second kappa shape index (κ2) is 5.40. The zero-order valence-electron chi connectivity index (χ0n) is 9.89. The molecular formula is C14H12FNO2. The van der Waals surface area contributed by atoms with Gasteiger partial charge in [0.05, 0.1) is 6.20 Å². The molecule has 92 valence electrons. The number of pyridine rings is 1. The molecule has 1 heterocycles. The summed E-state index contributed by atoms with van der Waals surface area (Å²) in [5.41, 5.74) is 0.862. The van der Waals surface area contributed by atoms with Gasteiger partial charge in [-0.3, -0.25) is 4.79 Å². The summed E-state index contributed by atoms with van der Waals surface area (Å²) in [6.45, 7) is 1.58. The average Bonchev–Trinajstić information content (AvgIpc) is 2.38. The Labute approximate surface area is 104 Å². The molecule has 0 spiro atoms. The molecule has 0 unspecified atom stereocenters. The van der Waals surface area contributed by atoms with Gasteiger partial charge >= 0.3 is 0 Å². The lowest BCUT2D eigenvalue weighted by molar-refractivity contribution is 0.101. The van der Waals surface area contributed by atoms with Crippen LogP contribution in [0.5, 0.6) is 5.75 Å². The highest BCUT2D eigenvalue weighted by molar-refractivity contribution is 5.92. The van der Waals surface area contributed by atoms with E-state index in [0.717, 1.165) is 0 Å². The zero-order valence-corrected chi connectivity index (χ0v) is 9.89. The Kier molecular flexibility index (Phi) is 3.67. The summed E-state index contributed by atoms with van der Waals surface area (Å²) in [6, 6.07) is 9.65. The molecule has 3 nitrogen and oxygen atoms in total. The van der Waals surface area contributed by atoms with Gasteiger partial charge in [0, 0.05) is 12.5 Å². The van der Waals surface area contributed by atoms with Crippen molar-refractivity contribution in [1.82, 2.24) is 4.98 Å². The largest absolute Gasteiger partial charge is 0.487 e. The fourth-order valence-corrected chi connectivity index (χ4v) is 1.45. The predicted octanol–water partition coefficient (Wildman–Crippen LogP) is 3.00. The van der Waals surface area contributed by atoms with Crippen molar-refractivity contribution < 1.29 is 13.9 Å². The minimum Gasteiger partial charge on any atom is -0.487 e. The topological polar surface area (TPSA) is 39.2 Å². The first kappa shape index (κ1) is 12.2. The third-order valence-electron chi connectivity index (χ3n) is 2.45. The van der Waals surface area contributed by atoms with E-state index in [2.05, 4.69) is 4.98 Å². The predicted molar refractivity (Wildman–Crippen MR) is 65.0 cm³/mol. The number of halogens is 1. The number of hydrogen-bond donors (Lipinski definition) is 0. The van der Waals surface area contributed by atoms with Crippen LogP contribution in [0.2, 0.25) is 0 Å². The molecule has 0 fully saturated rings. The summed E-state index contributed by atoms with van der Waals surface area (Å²) >= 11 is 0. The Hall–Kier alpha value is -2.23. The van der Waals surface area contributed by atoms with Crippen molar-refractivity contribution in [3.63, 3.8) is 0 Å². The quantitative estimate of drug-likeness (QED) is 0.777. The summed E-state index contributed by atoms with van der Waals surface area (Å²) in [7, 11) is 0. The minimum atomic E-state index is -0.300. The van der Waals surface area contributed by atoms with Gasteiger partial charge in [0.2, 0.25) is 0 Å². The summed E-state index contributed by atoms with van der Waals surface area (Å²) in [5, 5.41) is 0. The lowest BCUT2D eigenvalue weighted by Gasteiger charge is -2.06. The minimum absolute atomic E-state index is 0.101. The second-order valence-corrected chi connectivity index (χ2v) is 3.82. The van der Waals surface area contributed by atoms with Gasteiger partial charge in [0.15, 0.2) is 5.78 Å². The molecule has 0 amide bonds. The van der Waals surface area contributed by atoms with Gasteiger partial charge in [-0.1, -0.05) is 18.2 Å². The van der Waals surface area contributed by atoms with E-state index < -0.39 is 0 Å². The molecule has 2 aromatic rings. The van der Waals surface area contributed by atoms with Crippen LogP contribution in [0, 0.1) is 5.82 Å². The number of hydrogen-bond acceptors (Lipinski definition) is 3. The number of nitrogens with zero attached hydrogens (tertiary/aromatic N) is 1. The Balaban J connectivity index is 2.02. The van der Waals surface area contributed by atoms with Gasteiger partial charge < -0.3 is 4.74 Å². The molecule has 0 aliphatic rings. The van der Waals surface area contributed by atoms with Crippen LogP contribution in [0.4, 0.5) is 4.39 Å². The Bertz CT molecular complexity index is 552. The SMILES string of the molecule is CC(=O)c1ccc(OCc2ccccc2F)cn1. The van der Waals surface area contributed by atoms with Crippen LogP contribution in [0.25, 0.3) is 0 Å². The summed E-state index contributed by atoms with van der Waals surface area (Å²) in [5.74, 6) is 0.102. The molecule has 0 saturated carbocycles. The zero-order chi connectivity index (χ0) is 13.0. The van der Waals surface area contributed by atoms with Crippen LogP contribution in [0.1, 0.15) is 23.0 Å². The Morgan fingerprint density at radius 3 is 2.67 bits per heavy atom. The molecule has 0 saturated heterocycles. The van der Waals surface area contributed by atoms with Crippen molar-refractivity contribution >= 4 is 5.78 Å². The van der Waals surface area contributed by atoms with Gasteiger partial charge in [-0.15, -0.1) is 0 Å². The normalized spacial score (nSPS) is 10.1. The molecule has 18 heavy (non-hydrogen) atoms.